The summed E-state index contributed by atoms with van der Waals surface area (Å²) in [6, 6.07) is 2.09. The molecule has 0 atom stereocenters. The lowest BCUT2D eigenvalue weighted by Crippen LogP contribution is -2.17. The molecule has 1 N–H and O–H groups in total. The number of thiazole rings is 1. The molecule has 0 unspecified atom stereocenters. The molecule has 0 radical (unpaired) electrons. The molecule has 5 nitrogen and oxygen atoms in total. The Hall–Kier alpha value is -1.83. The highest BCUT2D eigenvalue weighted by atomic mass is 32.1. The van der Waals surface area contributed by atoms with Crippen molar-refractivity contribution in [1.82, 2.24) is 19.9 Å². The van der Waals surface area contributed by atoms with E-state index in [1.807, 2.05) is 13.1 Å². The van der Waals surface area contributed by atoms with Gasteiger partial charge >= 0.3 is 0 Å². The highest BCUT2D eigenvalue weighted by Crippen LogP contribution is 2.33. The zero-order valence-electron chi connectivity index (χ0n) is 14.1. The van der Waals surface area contributed by atoms with Crippen molar-refractivity contribution in [3.8, 4) is 21.8 Å². The van der Waals surface area contributed by atoms with Crippen molar-refractivity contribution in [1.29, 1.82) is 0 Å². The van der Waals surface area contributed by atoms with E-state index < -0.39 is 0 Å². The molecule has 3 heterocycles. The van der Waals surface area contributed by atoms with Gasteiger partial charge in [0.1, 0.15) is 10.7 Å². The van der Waals surface area contributed by atoms with E-state index in [0.29, 0.717) is 5.95 Å². The first-order valence-electron chi connectivity index (χ1n) is 7.84. The molecule has 0 aliphatic carbocycles. The van der Waals surface area contributed by atoms with Crippen LogP contribution in [-0.2, 0) is 0 Å². The minimum atomic E-state index is 0.663. The lowest BCUT2D eigenvalue weighted by atomic mass is 10.1. The summed E-state index contributed by atoms with van der Waals surface area (Å²) < 4.78 is 0. The number of thiophene rings is 1. The highest BCUT2D eigenvalue weighted by Gasteiger charge is 2.14. The molecular weight excluding hydrogens is 338 g/mol. The van der Waals surface area contributed by atoms with Crippen LogP contribution in [-0.4, -0.2) is 47.0 Å². The second-order valence-electron chi connectivity index (χ2n) is 5.85. The fourth-order valence-electron chi connectivity index (χ4n) is 2.32. The van der Waals surface area contributed by atoms with Gasteiger partial charge < -0.3 is 10.2 Å². The van der Waals surface area contributed by atoms with E-state index >= 15 is 0 Å². The van der Waals surface area contributed by atoms with Crippen molar-refractivity contribution in [2.75, 3.05) is 32.5 Å². The van der Waals surface area contributed by atoms with Crippen molar-refractivity contribution in [2.45, 2.75) is 13.3 Å². The molecule has 126 valence electrons. The van der Waals surface area contributed by atoms with Gasteiger partial charge in [0, 0.05) is 29.4 Å². The summed E-state index contributed by atoms with van der Waals surface area (Å²) in [4.78, 5) is 16.0. The summed E-state index contributed by atoms with van der Waals surface area (Å²) >= 11 is 3.30. The van der Waals surface area contributed by atoms with Crippen LogP contribution in [0.15, 0.2) is 28.4 Å². The van der Waals surface area contributed by atoms with Crippen LogP contribution >= 0.6 is 22.7 Å². The van der Waals surface area contributed by atoms with E-state index in [1.54, 1.807) is 22.7 Å². The summed E-state index contributed by atoms with van der Waals surface area (Å²) in [5.74, 6) is 0.663. The molecule has 0 saturated carbocycles. The van der Waals surface area contributed by atoms with Crippen LogP contribution in [0.1, 0.15) is 12.1 Å². The van der Waals surface area contributed by atoms with Gasteiger partial charge in [-0.2, -0.15) is 11.3 Å². The monoisotopic (exact) mass is 359 g/mol. The molecule has 0 aliphatic heterocycles. The molecule has 0 bridgehead atoms. The van der Waals surface area contributed by atoms with E-state index in [1.165, 1.54) is 0 Å². The Kier molecular flexibility index (Phi) is 5.55. The molecule has 0 spiro atoms. The van der Waals surface area contributed by atoms with Gasteiger partial charge in [-0.25, -0.2) is 15.0 Å². The second kappa shape index (κ2) is 7.83. The molecule has 3 aromatic rings. The number of hydrogen-bond donors (Lipinski definition) is 1. The Balaban J connectivity index is 1.86. The number of hydrogen-bond acceptors (Lipinski definition) is 7. The predicted octanol–water partition coefficient (Wildman–Crippen LogP) is 4.00. The molecule has 0 fully saturated rings. The molecule has 0 aromatic carbocycles. The van der Waals surface area contributed by atoms with Gasteiger partial charge in [-0.1, -0.05) is 0 Å². The zero-order valence-corrected chi connectivity index (χ0v) is 15.7. The molecular formula is C17H21N5S2. The van der Waals surface area contributed by atoms with Crippen molar-refractivity contribution in [3.05, 3.63) is 34.1 Å². The average Bonchev–Trinajstić information content (AvgIpc) is 3.23. The fourth-order valence-corrected chi connectivity index (χ4v) is 3.77. The fraction of sp³-hybridized carbons (Fsp3) is 0.353. The third-order valence-electron chi connectivity index (χ3n) is 3.51. The summed E-state index contributed by atoms with van der Waals surface area (Å²) in [5, 5.41) is 10.5. The van der Waals surface area contributed by atoms with Gasteiger partial charge in [0.2, 0.25) is 5.95 Å². The van der Waals surface area contributed by atoms with E-state index in [0.717, 1.165) is 47.0 Å². The summed E-state index contributed by atoms with van der Waals surface area (Å²) in [6.07, 6.45) is 2.95. The Morgan fingerprint density at radius 1 is 1.21 bits per heavy atom. The van der Waals surface area contributed by atoms with Crippen LogP contribution in [0.25, 0.3) is 21.8 Å². The SMILES string of the molecule is Cc1csc(-c2nc(NCCCN(C)C)ncc2-c2ccsc2)n1. The maximum Gasteiger partial charge on any atom is 0.223 e. The summed E-state index contributed by atoms with van der Waals surface area (Å²) in [5.41, 5.74) is 4.09. The minimum absolute atomic E-state index is 0.663. The van der Waals surface area contributed by atoms with E-state index in [9.17, 15) is 0 Å². The molecule has 3 rings (SSSR count). The Morgan fingerprint density at radius 3 is 2.75 bits per heavy atom. The largest absolute Gasteiger partial charge is 0.354 e. The van der Waals surface area contributed by atoms with E-state index in [2.05, 4.69) is 56.5 Å². The van der Waals surface area contributed by atoms with Crippen molar-refractivity contribution >= 4 is 28.6 Å². The standard InChI is InChI=1S/C17H21N5S2/c1-12-10-24-16(20-12)15-14(13-5-8-23-11-13)9-19-17(21-15)18-6-4-7-22(2)3/h5,8-11H,4,6-7H2,1-3H3,(H,18,19,21). The van der Waals surface area contributed by atoms with Crippen molar-refractivity contribution in [2.24, 2.45) is 0 Å². The van der Waals surface area contributed by atoms with E-state index in [-0.39, 0.29) is 0 Å². The van der Waals surface area contributed by atoms with Gasteiger partial charge in [-0.05, 0) is 56.4 Å². The minimum Gasteiger partial charge on any atom is -0.354 e. The lowest BCUT2D eigenvalue weighted by molar-refractivity contribution is 0.405. The lowest BCUT2D eigenvalue weighted by Gasteiger charge is -2.11. The maximum absolute atomic E-state index is 4.75. The molecule has 0 saturated heterocycles. The van der Waals surface area contributed by atoms with Crippen molar-refractivity contribution < 1.29 is 0 Å². The third-order valence-corrected chi connectivity index (χ3v) is 5.16. The first kappa shape index (κ1) is 17.0. The molecule has 0 amide bonds. The first-order chi connectivity index (χ1) is 11.6. The summed E-state index contributed by atoms with van der Waals surface area (Å²) in [7, 11) is 4.16. The Bertz CT molecular complexity index is 780. The van der Waals surface area contributed by atoms with E-state index in [4.69, 9.17) is 4.98 Å². The van der Waals surface area contributed by atoms with Gasteiger partial charge in [0.25, 0.3) is 0 Å². The topological polar surface area (TPSA) is 53.9 Å². The number of aromatic nitrogens is 3. The smallest absolute Gasteiger partial charge is 0.223 e. The second-order valence-corrected chi connectivity index (χ2v) is 7.48. The van der Waals surface area contributed by atoms with Gasteiger partial charge in [0.05, 0.1) is 0 Å². The van der Waals surface area contributed by atoms with Crippen LogP contribution in [0.2, 0.25) is 0 Å². The maximum atomic E-state index is 4.75. The van der Waals surface area contributed by atoms with Crippen molar-refractivity contribution in [3.63, 3.8) is 0 Å². The number of rotatable bonds is 7. The van der Waals surface area contributed by atoms with Gasteiger partial charge in [0.15, 0.2) is 0 Å². The molecule has 0 aliphatic rings. The Morgan fingerprint density at radius 2 is 2.08 bits per heavy atom. The van der Waals surface area contributed by atoms with Crippen LogP contribution < -0.4 is 5.32 Å². The molecule has 7 heteroatoms. The number of nitrogens with zero attached hydrogens (tertiary/aromatic N) is 4. The first-order valence-corrected chi connectivity index (χ1v) is 9.66. The van der Waals surface area contributed by atoms with Crippen LogP contribution in [0.3, 0.4) is 0 Å². The zero-order chi connectivity index (χ0) is 16.9. The average molecular weight is 360 g/mol. The normalized spacial score (nSPS) is 11.2. The highest BCUT2D eigenvalue weighted by molar-refractivity contribution is 7.13. The molecule has 24 heavy (non-hydrogen) atoms. The predicted molar refractivity (Wildman–Crippen MR) is 103 cm³/mol. The summed E-state index contributed by atoms with van der Waals surface area (Å²) in [6.45, 7) is 3.90. The van der Waals surface area contributed by atoms with Crippen LogP contribution in [0, 0.1) is 6.92 Å². The van der Waals surface area contributed by atoms with Crippen LogP contribution in [0.4, 0.5) is 5.95 Å². The number of anilines is 1. The third kappa shape index (κ3) is 4.17. The van der Waals surface area contributed by atoms with Gasteiger partial charge in [-0.15, -0.1) is 11.3 Å². The quantitative estimate of drug-likeness (QED) is 0.646. The number of nitrogens with one attached hydrogen (secondary N) is 1. The Labute approximate surface area is 150 Å². The van der Waals surface area contributed by atoms with Gasteiger partial charge in [-0.3, -0.25) is 0 Å². The van der Waals surface area contributed by atoms with Crippen LogP contribution in [0.5, 0.6) is 0 Å². The number of aryl methyl sites for hydroxylation is 1. The molecule has 3 aromatic heterocycles.